The first-order valence-corrected chi connectivity index (χ1v) is 9.14. The number of hydrogen-bond donors (Lipinski definition) is 2. The van der Waals surface area contributed by atoms with Crippen LogP contribution in [-0.4, -0.2) is 41.8 Å². The minimum Gasteiger partial charge on any atom is -0.378 e. The lowest BCUT2D eigenvalue weighted by atomic mass is 10.1. The fraction of sp³-hybridized carbons (Fsp3) is 0.0526. The summed E-state index contributed by atoms with van der Waals surface area (Å²) in [5.74, 6) is -0.715. The number of hydrogen-bond acceptors (Lipinski definition) is 10. The summed E-state index contributed by atoms with van der Waals surface area (Å²) in [6, 6.07) is 14.7. The molecule has 0 aliphatic heterocycles. The fourth-order valence-corrected chi connectivity index (χ4v) is 2.84. The number of nitrogen functional groups attached to an aromatic ring is 1. The van der Waals surface area contributed by atoms with E-state index in [-0.39, 0.29) is 28.7 Å². The van der Waals surface area contributed by atoms with Crippen molar-refractivity contribution in [2.45, 2.75) is 6.92 Å². The number of carbonyl (C=O) groups is 1. The number of aromatic nitrogens is 5. The SMILES string of the molecule is C/C(=N/NC(=O)c1c(-c2ccccc2)nnn1-c1nonc1N)c1ccc([N+](=O)[O-])cc1. The number of nitrogens with one attached hydrogen (secondary N) is 1. The third kappa shape index (κ3) is 3.89. The highest BCUT2D eigenvalue weighted by Crippen LogP contribution is 2.24. The summed E-state index contributed by atoms with van der Waals surface area (Å²) in [7, 11) is 0. The number of non-ortho nitro benzene ring substituents is 1. The minimum atomic E-state index is -0.641. The van der Waals surface area contributed by atoms with E-state index in [0.717, 1.165) is 4.68 Å². The van der Waals surface area contributed by atoms with Gasteiger partial charge < -0.3 is 5.73 Å². The zero-order valence-electron chi connectivity index (χ0n) is 16.5. The first-order chi connectivity index (χ1) is 15.5. The van der Waals surface area contributed by atoms with Gasteiger partial charge >= 0.3 is 0 Å². The molecule has 4 aromatic rings. The van der Waals surface area contributed by atoms with Crippen LogP contribution >= 0.6 is 0 Å². The second-order valence-corrected chi connectivity index (χ2v) is 6.48. The molecule has 2 aromatic heterocycles. The van der Waals surface area contributed by atoms with E-state index in [0.29, 0.717) is 16.8 Å². The number of rotatable bonds is 6. The first kappa shape index (κ1) is 20.3. The lowest BCUT2D eigenvalue weighted by molar-refractivity contribution is -0.384. The Hall–Kier alpha value is -4.94. The number of nitrogens with two attached hydrogens (primary N) is 1. The molecule has 0 saturated heterocycles. The molecule has 13 nitrogen and oxygen atoms in total. The van der Waals surface area contributed by atoms with Gasteiger partial charge in [-0.2, -0.15) is 9.78 Å². The van der Waals surface area contributed by atoms with Crippen molar-refractivity contribution in [3.63, 3.8) is 0 Å². The van der Waals surface area contributed by atoms with Crippen LogP contribution in [0, 0.1) is 10.1 Å². The van der Waals surface area contributed by atoms with Crippen LogP contribution in [-0.2, 0) is 0 Å². The van der Waals surface area contributed by atoms with Crippen LogP contribution < -0.4 is 11.2 Å². The summed E-state index contributed by atoms with van der Waals surface area (Å²) < 4.78 is 5.72. The van der Waals surface area contributed by atoms with E-state index < -0.39 is 10.8 Å². The molecule has 0 saturated carbocycles. The van der Waals surface area contributed by atoms with Gasteiger partial charge in [0, 0.05) is 17.7 Å². The molecule has 2 aromatic carbocycles. The van der Waals surface area contributed by atoms with Crippen LogP contribution in [0.25, 0.3) is 17.1 Å². The molecule has 0 bridgehead atoms. The third-order valence-corrected chi connectivity index (χ3v) is 4.45. The van der Waals surface area contributed by atoms with E-state index in [9.17, 15) is 14.9 Å². The highest BCUT2D eigenvalue weighted by atomic mass is 16.6. The van der Waals surface area contributed by atoms with Gasteiger partial charge in [0.1, 0.15) is 5.69 Å². The van der Waals surface area contributed by atoms with Crippen molar-refractivity contribution in [2.75, 3.05) is 5.73 Å². The zero-order valence-corrected chi connectivity index (χ0v) is 16.5. The second-order valence-electron chi connectivity index (χ2n) is 6.48. The molecule has 4 rings (SSSR count). The Kier molecular flexibility index (Phi) is 5.36. The summed E-state index contributed by atoms with van der Waals surface area (Å²) in [4.78, 5) is 23.4. The summed E-state index contributed by atoms with van der Waals surface area (Å²) in [5, 5.41) is 30.2. The molecule has 1 amide bonds. The molecular weight excluding hydrogens is 418 g/mol. The molecule has 0 fully saturated rings. The van der Waals surface area contributed by atoms with Gasteiger partial charge in [0.25, 0.3) is 11.6 Å². The Labute approximate surface area is 179 Å². The molecule has 32 heavy (non-hydrogen) atoms. The Balaban J connectivity index is 1.68. The second kappa shape index (κ2) is 8.43. The quantitative estimate of drug-likeness (QED) is 0.261. The number of carbonyl (C=O) groups excluding carboxylic acids is 1. The predicted molar refractivity (Wildman–Crippen MR) is 112 cm³/mol. The van der Waals surface area contributed by atoms with Crippen LogP contribution in [0.3, 0.4) is 0 Å². The standard InChI is InChI=1S/C19H15N9O4/c1-11(12-7-9-14(10-8-12)28(30)31)21-23-19(29)16-15(13-5-3-2-4-6-13)22-26-27(16)18-17(20)24-32-25-18/h2-10H,1H3,(H2,20,24)(H,23,29)/b21-11-. The largest absolute Gasteiger partial charge is 0.378 e. The fourth-order valence-electron chi connectivity index (χ4n) is 2.84. The van der Waals surface area contributed by atoms with Crippen molar-refractivity contribution >= 4 is 23.1 Å². The molecular formula is C19H15N9O4. The van der Waals surface area contributed by atoms with Gasteiger partial charge in [-0.1, -0.05) is 35.5 Å². The molecule has 160 valence electrons. The summed E-state index contributed by atoms with van der Waals surface area (Å²) in [6.45, 7) is 1.65. The summed E-state index contributed by atoms with van der Waals surface area (Å²) >= 11 is 0. The Morgan fingerprint density at radius 2 is 1.88 bits per heavy atom. The highest BCUT2D eigenvalue weighted by Gasteiger charge is 2.26. The van der Waals surface area contributed by atoms with E-state index in [2.05, 4.69) is 35.8 Å². The zero-order chi connectivity index (χ0) is 22.7. The number of amides is 1. The summed E-state index contributed by atoms with van der Waals surface area (Å²) in [6.07, 6.45) is 0. The van der Waals surface area contributed by atoms with Gasteiger partial charge in [-0.15, -0.1) is 5.10 Å². The van der Waals surface area contributed by atoms with E-state index >= 15 is 0 Å². The Bertz CT molecular complexity index is 1310. The van der Waals surface area contributed by atoms with Crippen molar-refractivity contribution in [1.29, 1.82) is 0 Å². The molecule has 0 atom stereocenters. The van der Waals surface area contributed by atoms with Crippen molar-refractivity contribution in [1.82, 2.24) is 30.7 Å². The van der Waals surface area contributed by atoms with E-state index in [1.54, 1.807) is 31.2 Å². The minimum absolute atomic E-state index is 0.000835. The molecule has 13 heteroatoms. The first-order valence-electron chi connectivity index (χ1n) is 9.14. The molecule has 0 spiro atoms. The average molecular weight is 433 g/mol. The van der Waals surface area contributed by atoms with Gasteiger partial charge in [-0.05, 0) is 34.9 Å². The van der Waals surface area contributed by atoms with Gasteiger partial charge in [0.15, 0.2) is 5.69 Å². The maximum absolute atomic E-state index is 13.1. The molecule has 0 unspecified atom stereocenters. The smallest absolute Gasteiger partial charge is 0.292 e. The number of nitro groups is 1. The molecule has 0 radical (unpaired) electrons. The van der Waals surface area contributed by atoms with Crippen molar-refractivity contribution in [3.05, 3.63) is 76.0 Å². The Morgan fingerprint density at radius 1 is 1.16 bits per heavy atom. The third-order valence-electron chi connectivity index (χ3n) is 4.45. The molecule has 2 heterocycles. The average Bonchev–Trinajstić information content (AvgIpc) is 3.43. The molecule has 0 aliphatic rings. The predicted octanol–water partition coefficient (Wildman–Crippen LogP) is 1.96. The van der Waals surface area contributed by atoms with E-state index in [4.69, 9.17) is 5.73 Å². The lowest BCUT2D eigenvalue weighted by Crippen LogP contribution is -2.23. The number of anilines is 1. The molecule has 0 aliphatic carbocycles. The van der Waals surface area contributed by atoms with E-state index in [1.807, 2.05) is 6.07 Å². The topological polar surface area (TPSA) is 180 Å². The van der Waals surface area contributed by atoms with Gasteiger partial charge in [0.2, 0.25) is 11.6 Å². The van der Waals surface area contributed by atoms with Gasteiger partial charge in [-0.25, -0.2) is 10.1 Å². The Morgan fingerprint density at radius 3 is 2.50 bits per heavy atom. The number of benzene rings is 2. The van der Waals surface area contributed by atoms with Crippen LogP contribution in [0.4, 0.5) is 11.5 Å². The monoisotopic (exact) mass is 433 g/mol. The maximum Gasteiger partial charge on any atom is 0.292 e. The van der Waals surface area contributed by atoms with E-state index in [1.165, 1.54) is 24.3 Å². The number of nitrogens with zero attached hydrogens (tertiary/aromatic N) is 7. The van der Waals surface area contributed by atoms with Crippen LogP contribution in [0.2, 0.25) is 0 Å². The van der Waals surface area contributed by atoms with Gasteiger partial charge in [-0.3, -0.25) is 14.9 Å². The summed E-state index contributed by atoms with van der Waals surface area (Å²) in [5.41, 5.74) is 10.1. The van der Waals surface area contributed by atoms with Crippen molar-refractivity contribution < 1.29 is 14.3 Å². The maximum atomic E-state index is 13.1. The van der Waals surface area contributed by atoms with Crippen molar-refractivity contribution in [3.8, 4) is 17.1 Å². The van der Waals surface area contributed by atoms with Gasteiger partial charge in [0.05, 0.1) is 10.6 Å². The number of nitro benzene ring substituents is 1. The lowest BCUT2D eigenvalue weighted by Gasteiger charge is -2.06. The number of hydrazone groups is 1. The van der Waals surface area contributed by atoms with Crippen LogP contribution in [0.15, 0.2) is 64.3 Å². The highest BCUT2D eigenvalue weighted by molar-refractivity contribution is 6.02. The van der Waals surface area contributed by atoms with Crippen LogP contribution in [0.5, 0.6) is 0 Å². The van der Waals surface area contributed by atoms with Crippen molar-refractivity contribution in [2.24, 2.45) is 5.10 Å². The molecule has 3 N–H and O–H groups in total. The van der Waals surface area contributed by atoms with Crippen LogP contribution in [0.1, 0.15) is 23.0 Å². The normalized spacial score (nSPS) is 11.3.